The van der Waals surface area contributed by atoms with Crippen LogP contribution in [0.4, 0.5) is 5.69 Å². The van der Waals surface area contributed by atoms with Crippen molar-refractivity contribution in [2.45, 2.75) is 19.8 Å². The molecule has 1 aromatic heterocycles. The molecule has 1 rings (SSSR count). The summed E-state index contributed by atoms with van der Waals surface area (Å²) in [6.45, 7) is 1.93. The molecule has 1 aromatic rings. The largest absolute Gasteiger partial charge is 0.327 e. The zero-order chi connectivity index (χ0) is 11.3. The predicted molar refractivity (Wildman–Crippen MR) is 59.4 cm³/mol. The summed E-state index contributed by atoms with van der Waals surface area (Å²) in [5.41, 5.74) is 0.122. The smallest absolute Gasteiger partial charge is 0.248 e. The summed E-state index contributed by atoms with van der Waals surface area (Å²) < 4.78 is 25.3. The molecule has 0 aliphatic carbocycles. The normalized spacial score (nSPS) is 11.3. The minimum absolute atomic E-state index is 0.0998. The minimum Gasteiger partial charge on any atom is -0.327 e. The fourth-order valence-corrected chi connectivity index (χ4v) is 2.30. The fourth-order valence-electron chi connectivity index (χ4n) is 1.04. The number of aromatic amines is 1. The third-order valence-electron chi connectivity index (χ3n) is 1.82. The number of H-pyrrole nitrogens is 1. The van der Waals surface area contributed by atoms with E-state index in [-0.39, 0.29) is 11.3 Å². The van der Waals surface area contributed by atoms with Gasteiger partial charge in [-0.05, 0) is 12.5 Å². The highest BCUT2D eigenvalue weighted by Crippen LogP contribution is 2.06. The lowest BCUT2D eigenvalue weighted by Gasteiger charge is -2.06. The highest BCUT2D eigenvalue weighted by atomic mass is 32.2. The van der Waals surface area contributed by atoms with Crippen molar-refractivity contribution in [3.05, 3.63) is 28.7 Å². The molecule has 2 N–H and O–H groups in total. The highest BCUT2D eigenvalue weighted by molar-refractivity contribution is 7.92. The van der Waals surface area contributed by atoms with Gasteiger partial charge in [0.2, 0.25) is 15.6 Å². The van der Waals surface area contributed by atoms with E-state index in [9.17, 15) is 13.2 Å². The molecule has 0 spiro atoms. The van der Waals surface area contributed by atoms with Crippen LogP contribution in [-0.4, -0.2) is 19.2 Å². The Hall–Kier alpha value is -1.30. The Kier molecular flexibility index (Phi) is 3.90. The second-order valence-corrected chi connectivity index (χ2v) is 5.06. The van der Waals surface area contributed by atoms with Crippen molar-refractivity contribution in [1.29, 1.82) is 0 Å². The third kappa shape index (κ3) is 4.16. The van der Waals surface area contributed by atoms with Crippen LogP contribution in [0.25, 0.3) is 0 Å². The summed E-state index contributed by atoms with van der Waals surface area (Å²) in [5.74, 6) is 0.0998. The number of hydrogen-bond donors (Lipinski definition) is 2. The topological polar surface area (TPSA) is 79.0 Å². The summed E-state index contributed by atoms with van der Waals surface area (Å²) in [4.78, 5) is 13.1. The molecule has 0 unspecified atom stereocenters. The van der Waals surface area contributed by atoms with Gasteiger partial charge >= 0.3 is 0 Å². The summed E-state index contributed by atoms with van der Waals surface area (Å²) in [5, 5.41) is 0. The molecular formula is C9H14N2O3S. The summed E-state index contributed by atoms with van der Waals surface area (Å²) in [6.07, 6.45) is 2.79. The van der Waals surface area contributed by atoms with Crippen molar-refractivity contribution in [1.82, 2.24) is 4.98 Å². The SMILES string of the molecule is CCCCS(=O)(=O)Nc1ccc(=O)[nH]c1. The lowest BCUT2D eigenvalue weighted by molar-refractivity contribution is 0.598. The fraction of sp³-hybridized carbons (Fsp3) is 0.444. The van der Waals surface area contributed by atoms with E-state index < -0.39 is 10.0 Å². The molecule has 84 valence electrons. The first-order valence-electron chi connectivity index (χ1n) is 4.73. The Morgan fingerprint density at radius 3 is 2.67 bits per heavy atom. The Morgan fingerprint density at radius 1 is 1.40 bits per heavy atom. The summed E-state index contributed by atoms with van der Waals surface area (Å²) in [6, 6.07) is 2.71. The number of rotatable bonds is 5. The number of anilines is 1. The monoisotopic (exact) mass is 230 g/mol. The van der Waals surface area contributed by atoms with E-state index in [0.717, 1.165) is 6.42 Å². The lowest BCUT2D eigenvalue weighted by atomic mass is 10.4. The van der Waals surface area contributed by atoms with Gasteiger partial charge in [0.15, 0.2) is 0 Å². The van der Waals surface area contributed by atoms with Gasteiger partial charge in [-0.25, -0.2) is 8.42 Å². The van der Waals surface area contributed by atoms with E-state index in [4.69, 9.17) is 0 Å². The maximum Gasteiger partial charge on any atom is 0.248 e. The van der Waals surface area contributed by atoms with Crippen LogP contribution in [0.2, 0.25) is 0 Å². The maximum atomic E-state index is 11.4. The molecule has 0 aliphatic rings. The number of hydrogen-bond acceptors (Lipinski definition) is 3. The Bertz CT molecular complexity index is 444. The summed E-state index contributed by atoms with van der Waals surface area (Å²) in [7, 11) is -3.28. The first kappa shape index (κ1) is 11.8. The van der Waals surface area contributed by atoms with Crippen molar-refractivity contribution in [2.75, 3.05) is 10.5 Å². The van der Waals surface area contributed by atoms with Gasteiger partial charge in [-0.1, -0.05) is 13.3 Å². The first-order valence-corrected chi connectivity index (χ1v) is 6.38. The van der Waals surface area contributed by atoms with Gasteiger partial charge in [-0.3, -0.25) is 9.52 Å². The van der Waals surface area contributed by atoms with Gasteiger partial charge < -0.3 is 4.98 Å². The number of aromatic nitrogens is 1. The molecule has 0 saturated heterocycles. The van der Waals surface area contributed by atoms with Crippen LogP contribution in [0.5, 0.6) is 0 Å². The van der Waals surface area contributed by atoms with Crippen LogP contribution in [0.1, 0.15) is 19.8 Å². The predicted octanol–water partition coefficient (Wildman–Crippen LogP) is 0.917. The number of sulfonamides is 1. The maximum absolute atomic E-state index is 11.4. The van der Waals surface area contributed by atoms with Crippen molar-refractivity contribution < 1.29 is 8.42 Å². The van der Waals surface area contributed by atoms with Crippen molar-refractivity contribution in [3.63, 3.8) is 0 Å². The van der Waals surface area contributed by atoms with E-state index in [2.05, 4.69) is 9.71 Å². The zero-order valence-corrected chi connectivity index (χ0v) is 9.30. The van der Waals surface area contributed by atoms with Crippen LogP contribution >= 0.6 is 0 Å². The molecule has 5 nitrogen and oxygen atoms in total. The Balaban J connectivity index is 2.69. The number of unbranched alkanes of at least 4 members (excludes halogenated alkanes) is 1. The lowest BCUT2D eigenvalue weighted by Crippen LogP contribution is -2.17. The molecule has 0 saturated carbocycles. The van der Waals surface area contributed by atoms with Gasteiger partial charge in [-0.15, -0.1) is 0 Å². The number of nitrogens with one attached hydrogen (secondary N) is 2. The molecule has 0 atom stereocenters. The summed E-state index contributed by atoms with van der Waals surface area (Å²) >= 11 is 0. The van der Waals surface area contributed by atoms with Crippen LogP contribution in [-0.2, 0) is 10.0 Å². The average Bonchev–Trinajstić information content (AvgIpc) is 2.18. The van der Waals surface area contributed by atoms with Crippen LogP contribution < -0.4 is 10.3 Å². The molecule has 0 amide bonds. The van der Waals surface area contributed by atoms with Crippen LogP contribution in [0, 0.1) is 0 Å². The molecule has 0 aromatic carbocycles. The van der Waals surface area contributed by atoms with Crippen molar-refractivity contribution >= 4 is 15.7 Å². The van der Waals surface area contributed by atoms with E-state index in [1.54, 1.807) is 0 Å². The van der Waals surface area contributed by atoms with Crippen LogP contribution in [0.3, 0.4) is 0 Å². The van der Waals surface area contributed by atoms with Gasteiger partial charge in [-0.2, -0.15) is 0 Å². The second kappa shape index (κ2) is 4.97. The second-order valence-electron chi connectivity index (χ2n) is 3.22. The van der Waals surface area contributed by atoms with Gasteiger partial charge in [0.25, 0.3) is 0 Å². The van der Waals surface area contributed by atoms with Gasteiger partial charge in [0.05, 0.1) is 11.4 Å². The molecule has 6 heteroatoms. The van der Waals surface area contributed by atoms with E-state index >= 15 is 0 Å². The first-order chi connectivity index (χ1) is 7.03. The quantitative estimate of drug-likeness (QED) is 0.789. The van der Waals surface area contributed by atoms with Gasteiger partial charge in [0, 0.05) is 12.3 Å². The van der Waals surface area contributed by atoms with Crippen LogP contribution in [0.15, 0.2) is 23.1 Å². The van der Waals surface area contributed by atoms with E-state index in [1.807, 2.05) is 6.92 Å². The third-order valence-corrected chi connectivity index (χ3v) is 3.20. The molecule has 1 heterocycles. The van der Waals surface area contributed by atoms with Gasteiger partial charge in [0.1, 0.15) is 0 Å². The van der Waals surface area contributed by atoms with E-state index in [1.165, 1.54) is 18.3 Å². The molecule has 0 fully saturated rings. The number of pyridine rings is 1. The molecule has 0 bridgehead atoms. The van der Waals surface area contributed by atoms with E-state index in [0.29, 0.717) is 12.1 Å². The standard InChI is InChI=1S/C9H14N2O3S/c1-2-3-6-15(13,14)11-8-4-5-9(12)10-7-8/h4-5,7,11H,2-3,6H2,1H3,(H,10,12). The van der Waals surface area contributed by atoms with Crippen molar-refractivity contribution in [2.24, 2.45) is 0 Å². The minimum atomic E-state index is -3.28. The Morgan fingerprint density at radius 2 is 2.13 bits per heavy atom. The zero-order valence-electron chi connectivity index (χ0n) is 8.49. The molecule has 0 aliphatic heterocycles. The highest BCUT2D eigenvalue weighted by Gasteiger charge is 2.08. The molecule has 15 heavy (non-hydrogen) atoms. The Labute approximate surface area is 88.6 Å². The average molecular weight is 230 g/mol. The molecular weight excluding hydrogens is 216 g/mol. The van der Waals surface area contributed by atoms with Crippen molar-refractivity contribution in [3.8, 4) is 0 Å². The molecule has 0 radical (unpaired) electrons.